The molecule has 50 heavy (non-hydrogen) atoms. The van der Waals surface area contributed by atoms with Crippen molar-refractivity contribution < 1.29 is 38.7 Å². The van der Waals surface area contributed by atoms with Gasteiger partial charge in [-0.1, -0.05) is 119 Å². The van der Waals surface area contributed by atoms with E-state index in [9.17, 15) is 19.8 Å². The van der Waals surface area contributed by atoms with Crippen LogP contribution in [0.3, 0.4) is 0 Å². The molecular formula is C42H70O8. The quantitative estimate of drug-likeness (QED) is 0.130. The summed E-state index contributed by atoms with van der Waals surface area (Å²) in [5.41, 5.74) is 1.03. The Kier molecular flexibility index (Phi) is 15.0. The third kappa shape index (κ3) is 11.1. The zero-order valence-electron chi connectivity index (χ0n) is 33.9. The van der Waals surface area contributed by atoms with Crippen LogP contribution in [0, 0.1) is 33.5 Å². The molecule has 4 atom stereocenters. The number of carbonyl (C=O) groups excluding carboxylic acids is 2. The number of rotatable bonds is 15. The Bertz CT molecular complexity index is 1190. The van der Waals surface area contributed by atoms with Crippen LogP contribution in [0.2, 0.25) is 0 Å². The largest absolute Gasteiger partial charge is 0.463 e. The van der Waals surface area contributed by atoms with Crippen LogP contribution in [-0.4, -0.2) is 73.0 Å². The fourth-order valence-electron chi connectivity index (χ4n) is 7.60. The minimum absolute atomic E-state index is 0.0832. The van der Waals surface area contributed by atoms with E-state index in [1.54, 1.807) is 0 Å². The lowest BCUT2D eigenvalue weighted by Gasteiger charge is -2.52. The monoisotopic (exact) mass is 703 g/mol. The molecule has 4 unspecified atom stereocenters. The lowest BCUT2D eigenvalue weighted by molar-refractivity contribution is -0.147. The van der Waals surface area contributed by atoms with E-state index in [0.717, 1.165) is 22.3 Å². The highest BCUT2D eigenvalue weighted by molar-refractivity contribution is 5.70. The van der Waals surface area contributed by atoms with E-state index in [4.69, 9.17) is 18.9 Å². The van der Waals surface area contributed by atoms with Crippen molar-refractivity contribution >= 4 is 11.9 Å². The predicted octanol–water partition coefficient (Wildman–Crippen LogP) is 8.32. The van der Waals surface area contributed by atoms with Crippen molar-refractivity contribution in [3.8, 4) is 0 Å². The topological polar surface area (TPSA) is 112 Å². The Morgan fingerprint density at radius 3 is 1.16 bits per heavy atom. The Morgan fingerprint density at radius 1 is 0.580 bits per heavy atom. The van der Waals surface area contributed by atoms with Gasteiger partial charge >= 0.3 is 11.9 Å². The molecule has 0 aromatic rings. The third-order valence-electron chi connectivity index (χ3n) is 10.4. The maximum absolute atomic E-state index is 12.4. The summed E-state index contributed by atoms with van der Waals surface area (Å²) in [6.07, 6.45) is 9.94. The molecule has 2 rings (SSSR count). The number of ether oxygens (including phenoxy) is 4. The molecule has 0 bridgehead atoms. The van der Waals surface area contributed by atoms with E-state index in [-0.39, 0.29) is 84.7 Å². The van der Waals surface area contributed by atoms with Gasteiger partial charge in [0.2, 0.25) is 0 Å². The minimum atomic E-state index is -0.968. The molecule has 8 heteroatoms. The molecule has 286 valence electrons. The van der Waals surface area contributed by atoms with Crippen LogP contribution in [0.4, 0.5) is 0 Å². The average Bonchev–Trinajstić information content (AvgIpc) is 2.96. The zero-order chi connectivity index (χ0) is 38.3. The first-order valence-electron chi connectivity index (χ1n) is 18.5. The molecule has 0 aromatic carbocycles. The Balaban J connectivity index is 1.63. The molecule has 0 radical (unpaired) electrons. The minimum Gasteiger partial charge on any atom is -0.463 e. The van der Waals surface area contributed by atoms with Gasteiger partial charge in [0.1, 0.15) is 13.2 Å². The molecule has 0 amide bonds. The summed E-state index contributed by atoms with van der Waals surface area (Å²) in [4.78, 5) is 24.8. The van der Waals surface area contributed by atoms with Gasteiger partial charge in [-0.3, -0.25) is 9.59 Å². The van der Waals surface area contributed by atoms with Crippen LogP contribution in [0.5, 0.6) is 0 Å². The third-order valence-corrected chi connectivity index (χ3v) is 10.4. The van der Waals surface area contributed by atoms with Crippen LogP contribution in [0.15, 0.2) is 46.6 Å². The van der Waals surface area contributed by atoms with Gasteiger partial charge in [0, 0.05) is 24.7 Å². The fourth-order valence-corrected chi connectivity index (χ4v) is 7.60. The highest BCUT2D eigenvalue weighted by atomic mass is 16.6. The molecule has 2 N–H and O–H groups in total. The number of esters is 2. The number of carbonyl (C=O) groups is 2. The van der Waals surface area contributed by atoms with Crippen molar-refractivity contribution in [2.75, 3.05) is 39.6 Å². The lowest BCUT2D eigenvalue weighted by atomic mass is 9.56. The van der Waals surface area contributed by atoms with Gasteiger partial charge in [-0.25, -0.2) is 0 Å². The second-order valence-corrected chi connectivity index (χ2v) is 18.5. The predicted molar refractivity (Wildman–Crippen MR) is 200 cm³/mol. The fraction of sp³-hybridized carbons (Fsp3) is 0.762. The highest BCUT2D eigenvalue weighted by Gasteiger charge is 2.53. The summed E-state index contributed by atoms with van der Waals surface area (Å²) >= 11 is 0. The average molecular weight is 703 g/mol. The summed E-state index contributed by atoms with van der Waals surface area (Å²) in [7, 11) is 0. The summed E-state index contributed by atoms with van der Waals surface area (Å²) < 4.78 is 21.8. The van der Waals surface area contributed by atoms with Crippen LogP contribution in [-0.2, 0) is 28.5 Å². The molecule has 0 aromatic heterocycles. The molecule has 0 heterocycles. The first-order chi connectivity index (χ1) is 22.8. The van der Waals surface area contributed by atoms with Gasteiger partial charge < -0.3 is 29.2 Å². The summed E-state index contributed by atoms with van der Waals surface area (Å²) in [5, 5.41) is 23.6. The van der Waals surface area contributed by atoms with Crippen LogP contribution < -0.4 is 0 Å². The van der Waals surface area contributed by atoms with E-state index < -0.39 is 11.2 Å². The van der Waals surface area contributed by atoms with Crippen molar-refractivity contribution in [3.63, 3.8) is 0 Å². The summed E-state index contributed by atoms with van der Waals surface area (Å²) in [6, 6.07) is 0. The molecule has 2 aliphatic rings. The number of hydrogen-bond donors (Lipinski definition) is 2. The van der Waals surface area contributed by atoms with Gasteiger partial charge in [0.25, 0.3) is 0 Å². The number of aliphatic hydroxyl groups is 2. The van der Waals surface area contributed by atoms with Crippen molar-refractivity contribution in [2.24, 2.45) is 33.5 Å². The maximum Gasteiger partial charge on any atom is 0.306 e. The number of allylic oxidation sites excluding steroid dienone is 4. The van der Waals surface area contributed by atoms with Gasteiger partial charge in [-0.05, 0) is 59.5 Å². The van der Waals surface area contributed by atoms with E-state index in [0.29, 0.717) is 26.1 Å². The van der Waals surface area contributed by atoms with E-state index in [1.807, 2.05) is 26.0 Å². The zero-order valence-corrected chi connectivity index (χ0v) is 33.9. The normalized spacial score (nSPS) is 25.0. The van der Waals surface area contributed by atoms with E-state index in [1.165, 1.54) is 0 Å². The van der Waals surface area contributed by atoms with Gasteiger partial charge in [0.15, 0.2) is 0 Å². The second kappa shape index (κ2) is 17.0. The van der Waals surface area contributed by atoms with Gasteiger partial charge in [0.05, 0.1) is 37.6 Å². The Morgan fingerprint density at radius 2 is 0.880 bits per heavy atom. The van der Waals surface area contributed by atoms with Crippen LogP contribution >= 0.6 is 0 Å². The van der Waals surface area contributed by atoms with Crippen LogP contribution in [0.1, 0.15) is 123 Å². The maximum atomic E-state index is 12.4. The molecular weight excluding hydrogens is 632 g/mol. The van der Waals surface area contributed by atoms with Gasteiger partial charge in [-0.15, -0.1) is 0 Å². The Hall–Kier alpha value is -2.26. The van der Waals surface area contributed by atoms with Crippen molar-refractivity contribution in [1.29, 1.82) is 0 Å². The highest BCUT2D eigenvalue weighted by Crippen LogP contribution is 2.53. The molecule has 0 spiro atoms. The first kappa shape index (κ1) is 43.9. The van der Waals surface area contributed by atoms with E-state index in [2.05, 4.69) is 95.2 Å². The molecule has 8 nitrogen and oxygen atoms in total. The summed E-state index contributed by atoms with van der Waals surface area (Å²) in [6.45, 7) is 30.8. The van der Waals surface area contributed by atoms with Crippen molar-refractivity contribution in [3.05, 3.63) is 46.6 Å². The standard InChI is InChI=1S/C42H70O8/c1-29-25-31(27-33(37(3,4)5)41(29,45)39(9,10)11)15-17-35(43)49-23-21-47-19-20-48-22-24-50-36(44)18-16-32-26-30(2)42(46,40(12,13)14)34(28-32)38(6,7)8/h25-28,33-34,45-46H,15-24H2,1-14H3. The number of hydrogen-bond acceptors (Lipinski definition) is 8. The van der Waals surface area contributed by atoms with Gasteiger partial charge in [-0.2, -0.15) is 0 Å². The molecule has 2 aliphatic carbocycles. The van der Waals surface area contributed by atoms with E-state index >= 15 is 0 Å². The first-order valence-corrected chi connectivity index (χ1v) is 18.5. The molecule has 0 saturated carbocycles. The SMILES string of the molecule is CC1=CC(CCC(=O)OCCOCCOCCOC(=O)CCC2=CC(C(C)(C)C)C(O)(C(C)(C)C)C(C)=C2)=CC(C(C)(C)C)C1(O)C(C)(C)C. The Labute approximate surface area is 303 Å². The molecule has 0 aliphatic heterocycles. The molecule has 0 fully saturated rings. The molecule has 0 saturated heterocycles. The summed E-state index contributed by atoms with van der Waals surface area (Å²) in [5.74, 6) is -0.733. The lowest BCUT2D eigenvalue weighted by Crippen LogP contribution is -2.54. The second-order valence-electron chi connectivity index (χ2n) is 18.5. The smallest absolute Gasteiger partial charge is 0.306 e. The van der Waals surface area contributed by atoms with Crippen LogP contribution in [0.25, 0.3) is 0 Å². The van der Waals surface area contributed by atoms with Crippen molar-refractivity contribution in [1.82, 2.24) is 0 Å². The van der Waals surface area contributed by atoms with Crippen molar-refractivity contribution in [2.45, 2.75) is 134 Å².